The molecule has 1 unspecified atom stereocenters. The summed E-state index contributed by atoms with van der Waals surface area (Å²) in [5.74, 6) is 1.04. The smallest absolute Gasteiger partial charge is 0.131 e. The first-order chi connectivity index (χ1) is 9.09. The highest BCUT2D eigenvalue weighted by Gasteiger charge is 2.25. The van der Waals surface area contributed by atoms with E-state index >= 15 is 0 Å². The third kappa shape index (κ3) is 1.94. The molecule has 0 N–H and O–H groups in total. The van der Waals surface area contributed by atoms with Gasteiger partial charge in [-0.2, -0.15) is 5.10 Å². The maximum absolute atomic E-state index is 6.33. The van der Waals surface area contributed by atoms with Gasteiger partial charge in [0.05, 0.1) is 16.2 Å². The van der Waals surface area contributed by atoms with Crippen LogP contribution in [0.4, 0.5) is 5.82 Å². The Hall–Kier alpha value is -1.45. The van der Waals surface area contributed by atoms with E-state index in [1.54, 1.807) is 12.3 Å². The first kappa shape index (κ1) is 12.6. The summed E-state index contributed by atoms with van der Waals surface area (Å²) in [5, 5.41) is 5.55. The summed E-state index contributed by atoms with van der Waals surface area (Å²) in [6, 6.07) is 7.66. The van der Waals surface area contributed by atoms with Crippen LogP contribution in [0.5, 0.6) is 0 Å². The highest BCUT2D eigenvalue weighted by Crippen LogP contribution is 2.37. The molecule has 0 fully saturated rings. The SMILES string of the molecule is CC1=CC(c2cccc(Cl)c2Cl)n2nccc2N1C. The molecule has 2 aromatic rings. The molecule has 1 aromatic heterocycles. The molecule has 1 aliphatic rings. The maximum atomic E-state index is 6.33. The molecule has 3 rings (SSSR count). The number of fused-ring (bicyclic) bond motifs is 1. The van der Waals surface area contributed by atoms with E-state index in [1.165, 1.54) is 0 Å². The Morgan fingerprint density at radius 3 is 2.79 bits per heavy atom. The number of hydrogen-bond donors (Lipinski definition) is 0. The molecule has 1 atom stereocenters. The second-order valence-electron chi connectivity index (χ2n) is 4.59. The summed E-state index contributed by atoms with van der Waals surface area (Å²) in [4.78, 5) is 2.10. The number of benzene rings is 1. The highest BCUT2D eigenvalue weighted by molar-refractivity contribution is 6.42. The fraction of sp³-hybridized carbons (Fsp3) is 0.214. The lowest BCUT2D eigenvalue weighted by Crippen LogP contribution is -2.27. The van der Waals surface area contributed by atoms with Crippen LogP contribution in [0.1, 0.15) is 18.5 Å². The molecule has 1 aromatic carbocycles. The van der Waals surface area contributed by atoms with Crippen molar-refractivity contribution in [2.45, 2.75) is 13.0 Å². The van der Waals surface area contributed by atoms with Crippen molar-refractivity contribution in [2.75, 3.05) is 11.9 Å². The second-order valence-corrected chi connectivity index (χ2v) is 5.37. The van der Waals surface area contributed by atoms with Gasteiger partial charge >= 0.3 is 0 Å². The number of aromatic nitrogens is 2. The Balaban J connectivity index is 2.18. The minimum Gasteiger partial charge on any atom is -0.334 e. The van der Waals surface area contributed by atoms with Gasteiger partial charge in [0.1, 0.15) is 11.9 Å². The van der Waals surface area contributed by atoms with Gasteiger partial charge < -0.3 is 4.90 Å². The average molecular weight is 294 g/mol. The van der Waals surface area contributed by atoms with Gasteiger partial charge in [-0.15, -0.1) is 0 Å². The van der Waals surface area contributed by atoms with E-state index in [0.717, 1.165) is 17.1 Å². The summed E-state index contributed by atoms with van der Waals surface area (Å²) in [6.07, 6.45) is 3.93. The van der Waals surface area contributed by atoms with Gasteiger partial charge in [0.25, 0.3) is 0 Å². The summed E-state index contributed by atoms with van der Waals surface area (Å²) >= 11 is 12.4. The Morgan fingerprint density at radius 2 is 2.00 bits per heavy atom. The molecule has 98 valence electrons. The van der Waals surface area contributed by atoms with Crippen molar-refractivity contribution in [3.05, 3.63) is 57.8 Å². The van der Waals surface area contributed by atoms with E-state index in [4.69, 9.17) is 23.2 Å². The summed E-state index contributed by atoms with van der Waals surface area (Å²) in [7, 11) is 2.02. The van der Waals surface area contributed by atoms with Crippen molar-refractivity contribution in [1.82, 2.24) is 9.78 Å². The van der Waals surface area contributed by atoms with Crippen LogP contribution >= 0.6 is 23.2 Å². The third-order valence-corrected chi connectivity index (χ3v) is 4.32. The van der Waals surface area contributed by atoms with Gasteiger partial charge in [-0.25, -0.2) is 4.68 Å². The first-order valence-corrected chi connectivity index (χ1v) is 6.75. The van der Waals surface area contributed by atoms with Crippen molar-refractivity contribution < 1.29 is 0 Å². The van der Waals surface area contributed by atoms with Gasteiger partial charge in [-0.3, -0.25) is 0 Å². The lowest BCUT2D eigenvalue weighted by molar-refractivity contribution is 0.589. The molecule has 19 heavy (non-hydrogen) atoms. The predicted molar refractivity (Wildman–Crippen MR) is 79.0 cm³/mol. The standard InChI is InChI=1S/C14H13Cl2N3/c1-9-8-12(10-4-3-5-11(15)14(10)16)19-13(18(9)2)6-7-17-19/h3-8,12H,1-2H3. The molecule has 0 bridgehead atoms. The van der Waals surface area contributed by atoms with E-state index in [1.807, 2.05) is 29.9 Å². The topological polar surface area (TPSA) is 21.1 Å². The number of hydrogen-bond acceptors (Lipinski definition) is 2. The lowest BCUT2D eigenvalue weighted by Gasteiger charge is -2.31. The van der Waals surface area contributed by atoms with E-state index < -0.39 is 0 Å². The zero-order chi connectivity index (χ0) is 13.6. The number of allylic oxidation sites excluding steroid dienone is 2. The quantitative estimate of drug-likeness (QED) is 0.788. The molecule has 0 aliphatic carbocycles. The fourth-order valence-corrected chi connectivity index (χ4v) is 2.77. The number of halogens is 2. The van der Waals surface area contributed by atoms with Crippen molar-refractivity contribution in [3.8, 4) is 0 Å². The van der Waals surface area contributed by atoms with Gasteiger partial charge in [-0.1, -0.05) is 35.3 Å². The molecule has 3 nitrogen and oxygen atoms in total. The van der Waals surface area contributed by atoms with Crippen LogP contribution in [-0.2, 0) is 0 Å². The predicted octanol–water partition coefficient (Wildman–Crippen LogP) is 4.13. The minimum absolute atomic E-state index is 0.0209. The monoisotopic (exact) mass is 293 g/mol. The molecule has 1 aliphatic heterocycles. The van der Waals surface area contributed by atoms with Crippen LogP contribution in [0.15, 0.2) is 42.2 Å². The zero-order valence-corrected chi connectivity index (χ0v) is 12.2. The largest absolute Gasteiger partial charge is 0.334 e. The number of anilines is 1. The summed E-state index contributed by atoms with van der Waals surface area (Å²) in [6.45, 7) is 2.07. The van der Waals surface area contributed by atoms with E-state index in [2.05, 4.69) is 23.0 Å². The van der Waals surface area contributed by atoms with E-state index in [0.29, 0.717) is 10.0 Å². The van der Waals surface area contributed by atoms with Crippen LogP contribution in [-0.4, -0.2) is 16.8 Å². The minimum atomic E-state index is -0.0209. The van der Waals surface area contributed by atoms with Crippen LogP contribution in [0.2, 0.25) is 10.0 Å². The van der Waals surface area contributed by atoms with Crippen molar-refractivity contribution in [3.63, 3.8) is 0 Å². The molecular formula is C14H13Cl2N3. The van der Waals surface area contributed by atoms with Gasteiger partial charge in [0.2, 0.25) is 0 Å². The van der Waals surface area contributed by atoms with Gasteiger partial charge in [-0.05, 0) is 19.1 Å². The Morgan fingerprint density at radius 1 is 1.21 bits per heavy atom. The summed E-state index contributed by atoms with van der Waals surface area (Å²) < 4.78 is 1.95. The molecule has 0 amide bonds. The van der Waals surface area contributed by atoms with Crippen molar-refractivity contribution in [1.29, 1.82) is 0 Å². The molecular weight excluding hydrogens is 281 g/mol. The lowest BCUT2D eigenvalue weighted by atomic mass is 10.0. The maximum Gasteiger partial charge on any atom is 0.131 e. The Kier molecular flexibility index (Phi) is 3.03. The van der Waals surface area contributed by atoms with E-state index in [-0.39, 0.29) is 6.04 Å². The van der Waals surface area contributed by atoms with Gasteiger partial charge in [0.15, 0.2) is 0 Å². The zero-order valence-electron chi connectivity index (χ0n) is 10.6. The van der Waals surface area contributed by atoms with E-state index in [9.17, 15) is 0 Å². The van der Waals surface area contributed by atoms with Crippen LogP contribution in [0, 0.1) is 0 Å². The molecule has 0 saturated carbocycles. The third-order valence-electron chi connectivity index (χ3n) is 3.48. The molecule has 0 spiro atoms. The Labute approximate surface area is 122 Å². The molecule has 5 heteroatoms. The van der Waals surface area contributed by atoms with Crippen molar-refractivity contribution >= 4 is 29.0 Å². The van der Waals surface area contributed by atoms with Crippen LogP contribution in [0.3, 0.4) is 0 Å². The average Bonchev–Trinajstić information content (AvgIpc) is 2.87. The normalized spacial score (nSPS) is 18.2. The van der Waals surface area contributed by atoms with Crippen LogP contribution in [0.25, 0.3) is 0 Å². The fourth-order valence-electron chi connectivity index (χ4n) is 2.35. The van der Waals surface area contributed by atoms with Gasteiger partial charge in [0, 0.05) is 24.4 Å². The Bertz CT molecular complexity index is 660. The number of rotatable bonds is 1. The van der Waals surface area contributed by atoms with Crippen molar-refractivity contribution in [2.24, 2.45) is 0 Å². The molecule has 0 radical (unpaired) electrons. The second kappa shape index (κ2) is 4.58. The molecule has 2 heterocycles. The first-order valence-electron chi connectivity index (χ1n) is 5.99. The highest BCUT2D eigenvalue weighted by atomic mass is 35.5. The summed E-state index contributed by atoms with van der Waals surface area (Å²) in [5.41, 5.74) is 2.13. The molecule has 0 saturated heterocycles. The van der Waals surface area contributed by atoms with Crippen LogP contribution < -0.4 is 4.90 Å². The number of nitrogens with zero attached hydrogens (tertiary/aromatic N) is 3.